The molecule has 0 bridgehead atoms. The second kappa shape index (κ2) is 9.17. The van der Waals surface area contributed by atoms with Crippen molar-refractivity contribution in [2.24, 2.45) is 0 Å². The molecule has 1 saturated heterocycles. The van der Waals surface area contributed by atoms with E-state index < -0.39 is 6.04 Å². The van der Waals surface area contributed by atoms with Crippen LogP contribution in [0, 0.1) is 5.82 Å². The third-order valence-electron chi connectivity index (χ3n) is 5.57. The lowest BCUT2D eigenvalue weighted by Crippen LogP contribution is -2.55. The van der Waals surface area contributed by atoms with Gasteiger partial charge in [0.25, 0.3) is 0 Å². The first-order valence-corrected chi connectivity index (χ1v) is 9.84. The Morgan fingerprint density at radius 2 is 2.00 bits per heavy atom. The zero-order chi connectivity index (χ0) is 19.2. The molecular formula is C20H29FN4O2. The van der Waals surface area contributed by atoms with E-state index in [-0.39, 0.29) is 17.8 Å². The maximum atomic E-state index is 13.2. The number of nitrogens with zero attached hydrogens (tertiary/aromatic N) is 2. The minimum absolute atomic E-state index is 0.232. The van der Waals surface area contributed by atoms with Crippen molar-refractivity contribution in [2.45, 2.75) is 44.2 Å². The van der Waals surface area contributed by atoms with Gasteiger partial charge in [-0.1, -0.05) is 25.0 Å². The van der Waals surface area contributed by atoms with Gasteiger partial charge in [-0.15, -0.1) is 0 Å². The number of hydrogen-bond donors (Lipinski definition) is 2. The van der Waals surface area contributed by atoms with Crippen molar-refractivity contribution >= 4 is 11.9 Å². The topological polar surface area (TPSA) is 64.7 Å². The molecule has 1 unspecified atom stereocenters. The Hall–Kier alpha value is -2.15. The standard InChI is InChI=1S/C20H29FN4O2/c1-24(17-5-2-3-6-17)13-4-11-23-20(27)25-14-12-22-19(26)18(25)15-7-9-16(21)10-8-15/h7-10,17-18H,2-6,11-14H2,1H3,(H,22,26)(H,23,27). The molecule has 7 heteroatoms. The molecular weight excluding hydrogens is 347 g/mol. The van der Waals surface area contributed by atoms with Crippen molar-refractivity contribution < 1.29 is 14.0 Å². The zero-order valence-corrected chi connectivity index (χ0v) is 15.9. The molecule has 1 heterocycles. The molecule has 0 radical (unpaired) electrons. The number of benzene rings is 1. The Balaban J connectivity index is 1.52. The summed E-state index contributed by atoms with van der Waals surface area (Å²) in [7, 11) is 2.15. The minimum atomic E-state index is -0.722. The number of rotatable bonds is 6. The van der Waals surface area contributed by atoms with E-state index in [2.05, 4.69) is 22.6 Å². The summed E-state index contributed by atoms with van der Waals surface area (Å²) in [6.07, 6.45) is 6.04. The van der Waals surface area contributed by atoms with Crippen LogP contribution < -0.4 is 10.6 Å². The van der Waals surface area contributed by atoms with Crippen LogP contribution in [0.5, 0.6) is 0 Å². The normalized spacial score (nSPS) is 20.8. The Bertz CT molecular complexity index is 646. The molecule has 148 valence electrons. The van der Waals surface area contributed by atoms with Crippen molar-refractivity contribution in [3.63, 3.8) is 0 Å². The second-order valence-electron chi connectivity index (χ2n) is 7.44. The van der Waals surface area contributed by atoms with E-state index in [0.717, 1.165) is 13.0 Å². The van der Waals surface area contributed by atoms with Gasteiger partial charge in [-0.3, -0.25) is 4.79 Å². The van der Waals surface area contributed by atoms with E-state index in [0.29, 0.717) is 31.2 Å². The van der Waals surface area contributed by atoms with E-state index in [1.165, 1.54) is 42.7 Å². The lowest BCUT2D eigenvalue weighted by atomic mass is 10.0. The van der Waals surface area contributed by atoms with Crippen LogP contribution in [0.15, 0.2) is 24.3 Å². The summed E-state index contributed by atoms with van der Waals surface area (Å²) in [4.78, 5) is 28.9. The number of carbonyl (C=O) groups is 2. The van der Waals surface area contributed by atoms with E-state index in [1.807, 2.05) is 0 Å². The van der Waals surface area contributed by atoms with Crippen LogP contribution in [-0.2, 0) is 4.79 Å². The average Bonchev–Trinajstić information content (AvgIpc) is 3.20. The van der Waals surface area contributed by atoms with E-state index in [1.54, 1.807) is 12.1 Å². The number of amides is 3. The first kappa shape index (κ1) is 19.6. The lowest BCUT2D eigenvalue weighted by molar-refractivity contribution is -0.127. The van der Waals surface area contributed by atoms with E-state index in [9.17, 15) is 14.0 Å². The molecule has 2 aliphatic rings. The van der Waals surface area contributed by atoms with Crippen LogP contribution in [0.2, 0.25) is 0 Å². The number of hydrogen-bond acceptors (Lipinski definition) is 3. The molecule has 27 heavy (non-hydrogen) atoms. The predicted octanol–water partition coefficient (Wildman–Crippen LogP) is 2.27. The summed E-state index contributed by atoms with van der Waals surface area (Å²) in [5, 5.41) is 5.72. The fourth-order valence-corrected chi connectivity index (χ4v) is 4.01. The van der Waals surface area contributed by atoms with Crippen molar-refractivity contribution in [2.75, 3.05) is 33.2 Å². The molecule has 1 aliphatic heterocycles. The van der Waals surface area contributed by atoms with Crippen molar-refractivity contribution in [3.8, 4) is 0 Å². The highest BCUT2D eigenvalue weighted by Crippen LogP contribution is 2.24. The van der Waals surface area contributed by atoms with E-state index >= 15 is 0 Å². The molecule has 1 aliphatic carbocycles. The van der Waals surface area contributed by atoms with Crippen molar-refractivity contribution in [1.29, 1.82) is 0 Å². The Kier molecular flexibility index (Phi) is 6.66. The van der Waals surface area contributed by atoms with Gasteiger partial charge in [0.15, 0.2) is 0 Å². The summed E-state index contributed by atoms with van der Waals surface area (Å²) in [6, 6.07) is 5.44. The smallest absolute Gasteiger partial charge is 0.318 e. The van der Waals surface area contributed by atoms with Crippen LogP contribution in [0.3, 0.4) is 0 Å². The minimum Gasteiger partial charge on any atom is -0.352 e. The van der Waals surface area contributed by atoms with Gasteiger partial charge >= 0.3 is 6.03 Å². The third kappa shape index (κ3) is 4.97. The molecule has 3 amide bonds. The van der Waals surface area contributed by atoms with Crippen LogP contribution in [-0.4, -0.2) is 61.0 Å². The van der Waals surface area contributed by atoms with Gasteiger partial charge in [0.1, 0.15) is 11.9 Å². The van der Waals surface area contributed by atoms with Crippen LogP contribution >= 0.6 is 0 Å². The molecule has 0 spiro atoms. The molecule has 3 rings (SSSR count). The average molecular weight is 376 g/mol. The van der Waals surface area contributed by atoms with Crippen LogP contribution in [0.25, 0.3) is 0 Å². The molecule has 1 aromatic carbocycles. The van der Waals surface area contributed by atoms with Gasteiger partial charge in [0, 0.05) is 25.7 Å². The summed E-state index contributed by atoms with van der Waals surface area (Å²) >= 11 is 0. The van der Waals surface area contributed by atoms with Gasteiger partial charge in [-0.05, 0) is 50.6 Å². The Morgan fingerprint density at radius 3 is 2.70 bits per heavy atom. The number of halogens is 1. The van der Waals surface area contributed by atoms with Gasteiger partial charge in [-0.25, -0.2) is 9.18 Å². The molecule has 2 fully saturated rings. The third-order valence-corrected chi connectivity index (χ3v) is 5.57. The molecule has 1 aromatic rings. The summed E-state index contributed by atoms with van der Waals surface area (Å²) in [5.74, 6) is -0.596. The van der Waals surface area contributed by atoms with Crippen LogP contribution in [0.4, 0.5) is 9.18 Å². The van der Waals surface area contributed by atoms with Gasteiger partial charge < -0.3 is 20.4 Å². The number of piperazine rings is 1. The molecule has 0 aromatic heterocycles. The monoisotopic (exact) mass is 376 g/mol. The molecule has 2 N–H and O–H groups in total. The SMILES string of the molecule is CN(CCCNC(=O)N1CCNC(=O)C1c1ccc(F)cc1)C1CCCC1. The first-order chi connectivity index (χ1) is 13.1. The quantitative estimate of drug-likeness (QED) is 0.749. The highest BCUT2D eigenvalue weighted by atomic mass is 19.1. The number of nitrogens with one attached hydrogen (secondary N) is 2. The van der Waals surface area contributed by atoms with Gasteiger partial charge in [0.2, 0.25) is 5.91 Å². The molecule has 1 saturated carbocycles. The van der Waals surface area contributed by atoms with Crippen molar-refractivity contribution in [3.05, 3.63) is 35.6 Å². The summed E-state index contributed by atoms with van der Waals surface area (Å²) in [5.41, 5.74) is 0.615. The summed E-state index contributed by atoms with van der Waals surface area (Å²) in [6.45, 7) is 2.38. The lowest BCUT2D eigenvalue weighted by Gasteiger charge is -2.35. The fourth-order valence-electron chi connectivity index (χ4n) is 4.01. The van der Waals surface area contributed by atoms with E-state index in [4.69, 9.17) is 0 Å². The number of urea groups is 1. The fraction of sp³-hybridized carbons (Fsp3) is 0.600. The molecule has 6 nitrogen and oxygen atoms in total. The zero-order valence-electron chi connectivity index (χ0n) is 15.9. The maximum absolute atomic E-state index is 13.2. The first-order valence-electron chi connectivity index (χ1n) is 9.84. The second-order valence-corrected chi connectivity index (χ2v) is 7.44. The Morgan fingerprint density at radius 1 is 1.30 bits per heavy atom. The summed E-state index contributed by atoms with van der Waals surface area (Å²) < 4.78 is 13.2. The predicted molar refractivity (Wildman–Crippen MR) is 102 cm³/mol. The molecule has 1 atom stereocenters. The van der Waals surface area contributed by atoms with Crippen LogP contribution in [0.1, 0.15) is 43.7 Å². The Labute approximate surface area is 160 Å². The van der Waals surface area contributed by atoms with Crippen molar-refractivity contribution in [1.82, 2.24) is 20.4 Å². The maximum Gasteiger partial charge on any atom is 0.318 e. The highest BCUT2D eigenvalue weighted by Gasteiger charge is 2.34. The largest absolute Gasteiger partial charge is 0.352 e. The highest BCUT2D eigenvalue weighted by molar-refractivity contribution is 5.89. The number of carbonyl (C=O) groups excluding carboxylic acids is 2. The van der Waals surface area contributed by atoms with Gasteiger partial charge in [0.05, 0.1) is 0 Å². The van der Waals surface area contributed by atoms with Gasteiger partial charge in [-0.2, -0.15) is 0 Å².